The van der Waals surface area contributed by atoms with E-state index >= 15 is 0 Å². The second-order valence-corrected chi connectivity index (χ2v) is 4.64. The summed E-state index contributed by atoms with van der Waals surface area (Å²) < 4.78 is 0. The van der Waals surface area contributed by atoms with Crippen LogP contribution in [0.25, 0.3) is 0 Å². The molecule has 0 radical (unpaired) electrons. The summed E-state index contributed by atoms with van der Waals surface area (Å²) in [6, 6.07) is -0.0687. The highest BCUT2D eigenvalue weighted by molar-refractivity contribution is 7.09. The van der Waals surface area contributed by atoms with Gasteiger partial charge in [0.2, 0.25) is 0 Å². The largest absolute Gasteiger partial charge is 0.345 e. The van der Waals surface area contributed by atoms with Gasteiger partial charge in [0.05, 0.1) is 35.8 Å². The molecule has 84 valence electrons. The van der Waals surface area contributed by atoms with E-state index in [1.807, 2.05) is 5.51 Å². The third-order valence-corrected chi connectivity index (χ3v) is 3.76. The van der Waals surface area contributed by atoms with Crippen molar-refractivity contribution >= 4 is 17.4 Å². The average molecular weight is 237 g/mol. The molecule has 16 heavy (non-hydrogen) atoms. The summed E-state index contributed by atoms with van der Waals surface area (Å²) in [7, 11) is 0. The lowest BCUT2D eigenvalue weighted by molar-refractivity contribution is -0.118. The Kier molecular flexibility index (Phi) is 2.19. The normalized spacial score (nSPS) is 22.5. The number of hydrogen-bond donors (Lipinski definition) is 0. The molecule has 6 heteroatoms. The first-order valence-corrected chi connectivity index (χ1v) is 5.93. The van der Waals surface area contributed by atoms with Crippen LogP contribution in [0.4, 0.5) is 4.79 Å². The highest BCUT2D eigenvalue weighted by Crippen LogP contribution is 2.39. The quantitative estimate of drug-likeness (QED) is 0.749. The number of hydrogen-bond acceptors (Lipinski definition) is 4. The van der Waals surface area contributed by atoms with Crippen molar-refractivity contribution in [2.75, 3.05) is 13.2 Å². The highest BCUT2D eigenvalue weighted by atomic mass is 32.1. The van der Waals surface area contributed by atoms with Crippen LogP contribution in [-0.4, -0.2) is 34.1 Å². The van der Waals surface area contributed by atoms with E-state index in [-0.39, 0.29) is 12.1 Å². The second-order valence-electron chi connectivity index (χ2n) is 3.75. The van der Waals surface area contributed by atoms with E-state index < -0.39 is 0 Å². The Balaban J connectivity index is 1.92. The Hall–Kier alpha value is -1.40. The van der Waals surface area contributed by atoms with Crippen LogP contribution >= 0.6 is 11.3 Å². The molecule has 0 saturated carbocycles. The van der Waals surface area contributed by atoms with Gasteiger partial charge in [0.1, 0.15) is 6.04 Å². The van der Waals surface area contributed by atoms with Gasteiger partial charge in [0, 0.05) is 0 Å². The van der Waals surface area contributed by atoms with Crippen LogP contribution in [0.15, 0.2) is 18.2 Å². The van der Waals surface area contributed by atoms with Gasteiger partial charge in [-0.1, -0.05) is 6.08 Å². The van der Waals surface area contributed by atoms with Gasteiger partial charge in [-0.25, -0.2) is 9.78 Å². The van der Waals surface area contributed by atoms with Crippen LogP contribution in [-0.2, 0) is 11.4 Å². The molecular formula is C10H11N3O2S. The van der Waals surface area contributed by atoms with Gasteiger partial charge in [-0.15, -0.1) is 17.9 Å². The minimum Gasteiger partial charge on any atom is -0.314 e. The first-order valence-electron chi connectivity index (χ1n) is 5.05. The minimum atomic E-state index is -0.0722. The Bertz CT molecular complexity index is 445. The van der Waals surface area contributed by atoms with Crippen molar-refractivity contribution in [1.29, 1.82) is 0 Å². The van der Waals surface area contributed by atoms with Gasteiger partial charge < -0.3 is 4.90 Å². The minimum absolute atomic E-state index is 0.00343. The van der Waals surface area contributed by atoms with Gasteiger partial charge in [0.25, 0.3) is 0 Å². The van der Waals surface area contributed by atoms with Crippen LogP contribution in [0, 0.1) is 0 Å². The molecule has 1 saturated heterocycles. The molecule has 0 aromatic carbocycles. The number of fused-ring (bicyclic) bond motifs is 4. The number of thiazole rings is 1. The maximum atomic E-state index is 11.9. The van der Waals surface area contributed by atoms with Crippen LogP contribution in [0.2, 0.25) is 0 Å². The molecule has 2 aliphatic rings. The SMILES string of the molecule is C=CCON1C(=O)N2Cc3ncsc3[C@@H]1C2. The standard InChI is InChI=1S/C10H11N3O2S/c1-2-3-15-13-8-5-12(10(13)14)4-7-9(8)16-6-11-7/h2,6,8H,1,3-5H2/t8-/m0/s1. The topological polar surface area (TPSA) is 45.7 Å². The number of carbonyl (C=O) groups excluding carboxylic acids is 1. The zero-order valence-corrected chi connectivity index (χ0v) is 9.44. The molecule has 2 amide bonds. The van der Waals surface area contributed by atoms with Crippen molar-refractivity contribution in [2.45, 2.75) is 12.6 Å². The summed E-state index contributed by atoms with van der Waals surface area (Å²) in [5.74, 6) is 0. The van der Waals surface area contributed by atoms with Crippen molar-refractivity contribution in [1.82, 2.24) is 14.9 Å². The molecule has 1 aromatic rings. The van der Waals surface area contributed by atoms with Gasteiger partial charge in [0.15, 0.2) is 0 Å². The van der Waals surface area contributed by atoms with Crippen molar-refractivity contribution < 1.29 is 9.63 Å². The molecule has 0 N–H and O–H groups in total. The Morgan fingerprint density at radius 3 is 3.44 bits per heavy atom. The second kappa shape index (κ2) is 3.57. The number of rotatable bonds is 3. The molecule has 0 spiro atoms. The third-order valence-electron chi connectivity index (χ3n) is 2.78. The summed E-state index contributed by atoms with van der Waals surface area (Å²) in [5, 5.41) is 1.45. The van der Waals surface area contributed by atoms with Crippen molar-refractivity contribution in [3.63, 3.8) is 0 Å². The lowest BCUT2D eigenvalue weighted by Gasteiger charge is -2.21. The highest BCUT2D eigenvalue weighted by Gasteiger charge is 2.45. The number of nitrogens with zero attached hydrogens (tertiary/aromatic N) is 3. The van der Waals surface area contributed by atoms with Crippen LogP contribution in [0.5, 0.6) is 0 Å². The summed E-state index contributed by atoms with van der Waals surface area (Å²) >= 11 is 1.59. The Morgan fingerprint density at radius 1 is 1.75 bits per heavy atom. The van der Waals surface area contributed by atoms with Crippen LogP contribution < -0.4 is 0 Å². The van der Waals surface area contributed by atoms with Gasteiger partial charge in [-0.2, -0.15) is 5.06 Å². The van der Waals surface area contributed by atoms with Gasteiger partial charge >= 0.3 is 6.03 Å². The first-order chi connectivity index (χ1) is 7.81. The molecule has 1 atom stereocenters. The predicted octanol–water partition coefficient (Wildman–Crippen LogP) is 1.55. The average Bonchev–Trinajstić information content (AvgIpc) is 2.84. The fourth-order valence-corrected chi connectivity index (χ4v) is 2.96. The summed E-state index contributed by atoms with van der Waals surface area (Å²) in [4.78, 5) is 24.5. The van der Waals surface area contributed by atoms with Gasteiger partial charge in [-0.3, -0.25) is 4.84 Å². The molecule has 1 aromatic heterocycles. The number of amides is 2. The lowest BCUT2D eigenvalue weighted by Crippen LogP contribution is -2.30. The van der Waals surface area contributed by atoms with E-state index in [1.165, 1.54) is 5.06 Å². The number of urea groups is 1. The molecule has 0 aliphatic carbocycles. The van der Waals surface area contributed by atoms with Gasteiger partial charge in [-0.05, 0) is 0 Å². The van der Waals surface area contributed by atoms with E-state index in [9.17, 15) is 4.79 Å². The first kappa shape index (κ1) is 9.80. The predicted molar refractivity (Wildman–Crippen MR) is 58.6 cm³/mol. The van der Waals surface area contributed by atoms with E-state index in [0.717, 1.165) is 10.6 Å². The molecular weight excluding hydrogens is 226 g/mol. The molecule has 2 aliphatic heterocycles. The lowest BCUT2D eigenvalue weighted by atomic mass is 10.1. The Labute approximate surface area is 96.9 Å². The molecule has 3 heterocycles. The summed E-state index contributed by atoms with van der Waals surface area (Å²) in [6.07, 6.45) is 1.64. The van der Waals surface area contributed by atoms with Crippen LogP contribution in [0.3, 0.4) is 0 Å². The van der Waals surface area contributed by atoms with E-state index in [1.54, 1.807) is 22.3 Å². The molecule has 5 nitrogen and oxygen atoms in total. The number of aromatic nitrogens is 1. The molecule has 3 rings (SSSR count). The van der Waals surface area contributed by atoms with Crippen LogP contribution in [0.1, 0.15) is 16.6 Å². The van der Waals surface area contributed by atoms with E-state index in [2.05, 4.69) is 11.6 Å². The third kappa shape index (κ3) is 1.27. The van der Waals surface area contributed by atoms with Crippen molar-refractivity contribution in [3.05, 3.63) is 28.7 Å². The van der Waals surface area contributed by atoms with E-state index in [0.29, 0.717) is 19.7 Å². The fourth-order valence-electron chi connectivity index (χ4n) is 2.08. The van der Waals surface area contributed by atoms with Crippen molar-refractivity contribution in [2.24, 2.45) is 0 Å². The van der Waals surface area contributed by atoms with E-state index in [4.69, 9.17) is 4.84 Å². The number of carbonyl (C=O) groups is 1. The zero-order chi connectivity index (χ0) is 11.1. The molecule has 2 bridgehead atoms. The maximum Gasteiger partial charge on any atom is 0.345 e. The maximum absolute atomic E-state index is 11.9. The summed E-state index contributed by atoms with van der Waals surface area (Å²) in [5.41, 5.74) is 2.82. The number of hydroxylamine groups is 2. The molecule has 1 fully saturated rings. The molecule has 0 unspecified atom stereocenters. The zero-order valence-electron chi connectivity index (χ0n) is 8.63. The monoisotopic (exact) mass is 237 g/mol. The fraction of sp³-hybridized carbons (Fsp3) is 0.400. The Morgan fingerprint density at radius 2 is 2.62 bits per heavy atom. The van der Waals surface area contributed by atoms with Crippen molar-refractivity contribution in [3.8, 4) is 0 Å². The smallest absolute Gasteiger partial charge is 0.314 e. The summed E-state index contributed by atoms with van der Waals surface area (Å²) in [6.45, 7) is 5.23.